The second-order valence-corrected chi connectivity index (χ2v) is 5.53. The van der Waals surface area contributed by atoms with E-state index in [2.05, 4.69) is 15.6 Å². The van der Waals surface area contributed by atoms with E-state index in [9.17, 15) is 9.59 Å². The molecule has 26 heavy (non-hydrogen) atoms. The van der Waals surface area contributed by atoms with Crippen molar-refractivity contribution in [3.63, 3.8) is 0 Å². The van der Waals surface area contributed by atoms with Gasteiger partial charge in [-0.15, -0.1) is 5.10 Å². The summed E-state index contributed by atoms with van der Waals surface area (Å²) in [6.07, 6.45) is 0. The number of nitrogens with zero attached hydrogens (tertiary/aromatic N) is 3. The molecule has 0 aliphatic carbocycles. The van der Waals surface area contributed by atoms with Crippen molar-refractivity contribution >= 4 is 17.6 Å². The van der Waals surface area contributed by atoms with Crippen molar-refractivity contribution in [2.24, 2.45) is 0 Å². The van der Waals surface area contributed by atoms with Crippen molar-refractivity contribution in [2.75, 3.05) is 11.9 Å². The van der Waals surface area contributed by atoms with Crippen LogP contribution in [0.4, 0.5) is 5.69 Å². The average Bonchev–Trinajstić information content (AvgIpc) is 3.04. The first-order valence-electron chi connectivity index (χ1n) is 8.16. The maximum absolute atomic E-state index is 12.5. The molecule has 0 bridgehead atoms. The number of benzene rings is 2. The summed E-state index contributed by atoms with van der Waals surface area (Å²) in [7, 11) is 0. The number of esters is 1. The fraction of sp³-hybridized carbons (Fsp3) is 0.158. The lowest BCUT2D eigenvalue weighted by atomic mass is 10.2. The minimum atomic E-state index is -0.435. The number of aromatic nitrogens is 3. The van der Waals surface area contributed by atoms with Crippen LogP contribution in [-0.4, -0.2) is 33.5 Å². The number of amides is 1. The third-order valence-electron chi connectivity index (χ3n) is 3.74. The molecular formula is C19H18N4O3. The topological polar surface area (TPSA) is 86.1 Å². The Morgan fingerprint density at radius 1 is 1.12 bits per heavy atom. The molecule has 0 unspecified atom stereocenters. The Hall–Kier alpha value is -3.48. The summed E-state index contributed by atoms with van der Waals surface area (Å²) >= 11 is 0. The summed E-state index contributed by atoms with van der Waals surface area (Å²) in [6.45, 7) is 3.80. The van der Waals surface area contributed by atoms with E-state index in [1.807, 2.05) is 30.3 Å². The van der Waals surface area contributed by atoms with Crippen LogP contribution in [0.3, 0.4) is 0 Å². The summed E-state index contributed by atoms with van der Waals surface area (Å²) in [6, 6.07) is 16.0. The highest BCUT2D eigenvalue weighted by atomic mass is 16.5. The molecule has 0 aliphatic rings. The molecule has 1 amide bonds. The molecule has 0 aliphatic heterocycles. The molecule has 1 heterocycles. The summed E-state index contributed by atoms with van der Waals surface area (Å²) in [5.74, 6) is -0.833. The van der Waals surface area contributed by atoms with Gasteiger partial charge >= 0.3 is 5.97 Å². The van der Waals surface area contributed by atoms with Gasteiger partial charge in [0.2, 0.25) is 0 Å². The Morgan fingerprint density at radius 2 is 1.88 bits per heavy atom. The summed E-state index contributed by atoms with van der Waals surface area (Å²) in [4.78, 5) is 24.3. The number of ether oxygens (including phenoxy) is 1. The van der Waals surface area contributed by atoms with Gasteiger partial charge in [-0.2, -0.15) is 0 Å². The van der Waals surface area contributed by atoms with E-state index in [-0.39, 0.29) is 12.3 Å². The van der Waals surface area contributed by atoms with Gasteiger partial charge in [0.15, 0.2) is 5.69 Å². The van der Waals surface area contributed by atoms with Crippen molar-refractivity contribution in [2.45, 2.75) is 13.8 Å². The van der Waals surface area contributed by atoms with E-state index < -0.39 is 11.9 Å². The van der Waals surface area contributed by atoms with Crippen molar-refractivity contribution in [3.8, 4) is 5.69 Å². The van der Waals surface area contributed by atoms with E-state index in [1.54, 1.807) is 42.8 Å². The zero-order valence-electron chi connectivity index (χ0n) is 14.5. The van der Waals surface area contributed by atoms with Crippen molar-refractivity contribution in [1.82, 2.24) is 15.0 Å². The van der Waals surface area contributed by atoms with Gasteiger partial charge in [0.05, 0.1) is 23.6 Å². The molecule has 0 spiro atoms. The molecule has 2 aromatic carbocycles. The molecule has 3 aromatic rings. The molecule has 132 valence electrons. The number of carbonyl (C=O) groups excluding carboxylic acids is 2. The monoisotopic (exact) mass is 350 g/mol. The molecular weight excluding hydrogens is 332 g/mol. The maximum Gasteiger partial charge on any atom is 0.338 e. The molecule has 0 saturated carbocycles. The van der Waals surface area contributed by atoms with E-state index in [0.717, 1.165) is 5.69 Å². The number of nitrogens with one attached hydrogen (secondary N) is 1. The van der Waals surface area contributed by atoms with Crippen LogP contribution in [0.1, 0.15) is 33.5 Å². The van der Waals surface area contributed by atoms with E-state index in [1.165, 1.54) is 0 Å². The average molecular weight is 350 g/mol. The zero-order chi connectivity index (χ0) is 18.5. The highest BCUT2D eigenvalue weighted by molar-refractivity contribution is 6.04. The second-order valence-electron chi connectivity index (χ2n) is 5.53. The van der Waals surface area contributed by atoms with Gasteiger partial charge in [-0.3, -0.25) is 4.79 Å². The minimum absolute atomic E-state index is 0.218. The smallest absolute Gasteiger partial charge is 0.338 e. The lowest BCUT2D eigenvalue weighted by molar-refractivity contribution is 0.0526. The largest absolute Gasteiger partial charge is 0.462 e. The molecule has 1 aromatic heterocycles. The van der Waals surface area contributed by atoms with Crippen LogP contribution < -0.4 is 5.32 Å². The van der Waals surface area contributed by atoms with Crippen molar-refractivity contribution < 1.29 is 14.3 Å². The first-order chi connectivity index (χ1) is 12.6. The second kappa shape index (κ2) is 7.60. The SMILES string of the molecule is CCOC(=O)c1cccc(NC(=O)c2nnn(-c3ccccc3)c2C)c1. The predicted octanol–water partition coefficient (Wildman–Crippen LogP) is 3.00. The van der Waals surface area contributed by atoms with Crippen LogP contribution in [0.15, 0.2) is 54.6 Å². The highest BCUT2D eigenvalue weighted by Crippen LogP contribution is 2.16. The van der Waals surface area contributed by atoms with Crippen LogP contribution in [0.5, 0.6) is 0 Å². The summed E-state index contributed by atoms with van der Waals surface area (Å²) in [5, 5.41) is 10.8. The van der Waals surface area contributed by atoms with E-state index in [4.69, 9.17) is 4.74 Å². The van der Waals surface area contributed by atoms with Crippen LogP contribution in [0.2, 0.25) is 0 Å². The van der Waals surface area contributed by atoms with Gasteiger partial charge in [0.1, 0.15) is 0 Å². The van der Waals surface area contributed by atoms with Gasteiger partial charge < -0.3 is 10.1 Å². The zero-order valence-corrected chi connectivity index (χ0v) is 14.5. The first-order valence-corrected chi connectivity index (χ1v) is 8.16. The number of anilines is 1. The summed E-state index contributed by atoms with van der Waals surface area (Å²) < 4.78 is 6.57. The Bertz CT molecular complexity index is 935. The highest BCUT2D eigenvalue weighted by Gasteiger charge is 2.18. The number of para-hydroxylation sites is 1. The quantitative estimate of drug-likeness (QED) is 0.715. The molecule has 7 heteroatoms. The molecule has 3 rings (SSSR count). The molecule has 1 N–H and O–H groups in total. The van der Waals surface area contributed by atoms with E-state index in [0.29, 0.717) is 16.9 Å². The van der Waals surface area contributed by atoms with Gasteiger partial charge in [-0.05, 0) is 44.2 Å². The standard InChI is InChI=1S/C19H18N4O3/c1-3-26-19(25)14-8-7-9-15(12-14)20-18(24)17-13(2)23(22-21-17)16-10-5-4-6-11-16/h4-12H,3H2,1-2H3,(H,20,24). The van der Waals surface area contributed by atoms with Gasteiger partial charge in [-0.25, -0.2) is 9.48 Å². The number of hydrogen-bond donors (Lipinski definition) is 1. The number of hydrogen-bond acceptors (Lipinski definition) is 5. The van der Waals surface area contributed by atoms with Crippen molar-refractivity contribution in [1.29, 1.82) is 0 Å². The van der Waals surface area contributed by atoms with Crippen molar-refractivity contribution in [3.05, 3.63) is 71.5 Å². The number of carbonyl (C=O) groups is 2. The minimum Gasteiger partial charge on any atom is -0.462 e. The lowest BCUT2D eigenvalue weighted by Gasteiger charge is -2.07. The Labute approximate surface area is 150 Å². The van der Waals surface area contributed by atoms with Crippen LogP contribution in [0, 0.1) is 6.92 Å². The van der Waals surface area contributed by atoms with E-state index >= 15 is 0 Å². The Morgan fingerprint density at radius 3 is 2.62 bits per heavy atom. The number of rotatable bonds is 5. The molecule has 0 radical (unpaired) electrons. The molecule has 7 nitrogen and oxygen atoms in total. The van der Waals surface area contributed by atoms with Crippen LogP contribution >= 0.6 is 0 Å². The van der Waals surface area contributed by atoms with Gasteiger partial charge in [0.25, 0.3) is 5.91 Å². The first kappa shape index (κ1) is 17.3. The third kappa shape index (κ3) is 3.61. The fourth-order valence-electron chi connectivity index (χ4n) is 2.48. The normalized spacial score (nSPS) is 10.4. The van der Waals surface area contributed by atoms with Gasteiger partial charge in [0, 0.05) is 5.69 Å². The Kier molecular flexibility index (Phi) is 5.07. The van der Waals surface area contributed by atoms with Crippen LogP contribution in [0.25, 0.3) is 5.69 Å². The third-order valence-corrected chi connectivity index (χ3v) is 3.74. The van der Waals surface area contributed by atoms with Crippen LogP contribution in [-0.2, 0) is 4.74 Å². The maximum atomic E-state index is 12.5. The fourth-order valence-corrected chi connectivity index (χ4v) is 2.48. The molecule has 0 fully saturated rings. The molecule has 0 atom stereocenters. The predicted molar refractivity (Wildman–Crippen MR) is 96.4 cm³/mol. The molecule has 0 saturated heterocycles. The summed E-state index contributed by atoms with van der Waals surface area (Å²) in [5.41, 5.74) is 2.51. The Balaban J connectivity index is 1.80. The van der Waals surface area contributed by atoms with Gasteiger partial charge in [-0.1, -0.05) is 29.5 Å². The lowest BCUT2D eigenvalue weighted by Crippen LogP contribution is -2.15.